The van der Waals surface area contributed by atoms with Gasteiger partial charge in [-0.2, -0.15) is 4.99 Å². The van der Waals surface area contributed by atoms with Crippen molar-refractivity contribution in [2.24, 2.45) is 22.6 Å². The standard InChI is InChI=1S/C9H19N.C8H15NO2/c1-2-8-4-3-5-9(6-8)7-10;1-6(2)9-7(10)11-8(3,4)5/h8-9H,2-7,10H2,1H3;1-5H3. The lowest BCUT2D eigenvalue weighted by molar-refractivity contribution is 0.0604. The Kier molecular flexibility index (Phi) is 9.51. The van der Waals surface area contributed by atoms with Crippen molar-refractivity contribution in [2.45, 2.75) is 79.2 Å². The van der Waals surface area contributed by atoms with Crippen LogP contribution in [-0.4, -0.2) is 24.0 Å². The van der Waals surface area contributed by atoms with Crippen molar-refractivity contribution in [3.63, 3.8) is 0 Å². The third-order valence-corrected chi connectivity index (χ3v) is 3.51. The Labute approximate surface area is 130 Å². The highest BCUT2D eigenvalue weighted by molar-refractivity contribution is 5.89. The summed E-state index contributed by atoms with van der Waals surface area (Å²) in [5, 5.41) is 0. The van der Waals surface area contributed by atoms with Crippen LogP contribution in [0.15, 0.2) is 4.99 Å². The molecule has 0 spiro atoms. The minimum absolute atomic E-state index is 0.448. The van der Waals surface area contributed by atoms with Crippen LogP contribution in [0.1, 0.15) is 73.6 Å². The normalized spacial score (nSPS) is 21.9. The lowest BCUT2D eigenvalue weighted by atomic mass is 9.80. The number of nitrogens with zero attached hydrogens (tertiary/aromatic N) is 1. The van der Waals surface area contributed by atoms with Gasteiger partial charge in [-0.25, -0.2) is 4.79 Å². The molecule has 124 valence electrons. The van der Waals surface area contributed by atoms with Crippen molar-refractivity contribution in [2.75, 3.05) is 6.54 Å². The highest BCUT2D eigenvalue weighted by Crippen LogP contribution is 2.29. The van der Waals surface area contributed by atoms with E-state index in [9.17, 15) is 4.79 Å². The minimum Gasteiger partial charge on any atom is -0.442 e. The summed E-state index contributed by atoms with van der Waals surface area (Å²) in [6.07, 6.45) is 6.49. The average molecular weight is 298 g/mol. The molecule has 1 fully saturated rings. The molecule has 0 saturated heterocycles. The van der Waals surface area contributed by atoms with Gasteiger partial charge in [-0.3, -0.25) is 0 Å². The summed E-state index contributed by atoms with van der Waals surface area (Å²) in [6.45, 7) is 12.1. The number of ether oxygens (including phenoxy) is 1. The van der Waals surface area contributed by atoms with Gasteiger partial charge in [0, 0.05) is 5.71 Å². The van der Waals surface area contributed by atoms with Crippen molar-refractivity contribution >= 4 is 11.8 Å². The first kappa shape index (κ1) is 20.1. The minimum atomic E-state index is -0.516. The summed E-state index contributed by atoms with van der Waals surface area (Å²) >= 11 is 0. The van der Waals surface area contributed by atoms with Crippen LogP contribution in [0.4, 0.5) is 4.79 Å². The number of aliphatic imine (C=N–C) groups is 1. The SMILES string of the molecule is CC(C)=NC(=O)OC(C)(C)C.CCC1CCCC(CN)C1. The topological polar surface area (TPSA) is 64.7 Å². The molecular weight excluding hydrogens is 264 g/mol. The number of amides is 1. The Morgan fingerprint density at radius 1 is 1.24 bits per heavy atom. The molecule has 0 radical (unpaired) electrons. The van der Waals surface area contributed by atoms with E-state index in [2.05, 4.69) is 11.9 Å². The van der Waals surface area contributed by atoms with Gasteiger partial charge in [-0.05, 0) is 65.8 Å². The Bertz CT molecular complexity index is 318. The predicted octanol–water partition coefficient (Wildman–Crippen LogP) is 4.56. The van der Waals surface area contributed by atoms with Gasteiger partial charge < -0.3 is 10.5 Å². The van der Waals surface area contributed by atoms with Crippen LogP contribution in [0.2, 0.25) is 0 Å². The molecule has 0 aromatic rings. The number of nitrogens with two attached hydrogens (primary N) is 1. The second-order valence-corrected chi connectivity index (χ2v) is 7.08. The van der Waals surface area contributed by atoms with Crippen LogP contribution in [-0.2, 0) is 4.74 Å². The van der Waals surface area contributed by atoms with Crippen molar-refractivity contribution in [1.29, 1.82) is 0 Å². The van der Waals surface area contributed by atoms with Crippen LogP contribution >= 0.6 is 0 Å². The largest absolute Gasteiger partial charge is 0.442 e. The van der Waals surface area contributed by atoms with E-state index in [-0.39, 0.29) is 0 Å². The zero-order chi connectivity index (χ0) is 16.5. The quantitative estimate of drug-likeness (QED) is 0.760. The molecule has 4 nitrogen and oxygen atoms in total. The Balaban J connectivity index is 0.000000382. The van der Waals surface area contributed by atoms with Gasteiger partial charge in [0.1, 0.15) is 5.60 Å². The third kappa shape index (κ3) is 11.4. The molecule has 0 bridgehead atoms. The highest BCUT2D eigenvalue weighted by atomic mass is 16.6. The van der Waals surface area contributed by atoms with Gasteiger partial charge in [0.05, 0.1) is 0 Å². The maximum absolute atomic E-state index is 10.9. The Hall–Kier alpha value is -0.900. The van der Waals surface area contributed by atoms with Crippen LogP contribution < -0.4 is 5.73 Å². The molecule has 2 N–H and O–H groups in total. The molecule has 2 unspecified atom stereocenters. The predicted molar refractivity (Wildman–Crippen MR) is 89.8 cm³/mol. The molecule has 1 amide bonds. The summed E-state index contributed by atoms with van der Waals surface area (Å²) in [4.78, 5) is 14.5. The molecule has 4 heteroatoms. The lowest BCUT2D eigenvalue weighted by Gasteiger charge is -2.27. The van der Waals surface area contributed by atoms with E-state index in [4.69, 9.17) is 10.5 Å². The number of hydrogen-bond acceptors (Lipinski definition) is 3. The van der Waals surface area contributed by atoms with Crippen molar-refractivity contribution < 1.29 is 9.53 Å². The van der Waals surface area contributed by atoms with Crippen LogP contribution in [0.5, 0.6) is 0 Å². The second-order valence-electron chi connectivity index (χ2n) is 7.08. The van der Waals surface area contributed by atoms with Gasteiger partial charge in [-0.15, -0.1) is 0 Å². The van der Waals surface area contributed by atoms with E-state index >= 15 is 0 Å². The Morgan fingerprint density at radius 2 is 1.81 bits per heavy atom. The lowest BCUT2D eigenvalue weighted by Crippen LogP contribution is -2.22. The molecule has 1 rings (SSSR count). The molecule has 0 aromatic carbocycles. The first-order chi connectivity index (χ1) is 9.67. The fraction of sp³-hybridized carbons (Fsp3) is 0.882. The molecule has 0 heterocycles. The van der Waals surface area contributed by atoms with E-state index in [0.717, 1.165) is 18.4 Å². The highest BCUT2D eigenvalue weighted by Gasteiger charge is 2.18. The fourth-order valence-electron chi connectivity index (χ4n) is 2.45. The molecule has 1 aliphatic rings. The summed E-state index contributed by atoms with van der Waals surface area (Å²) in [6, 6.07) is 0. The van der Waals surface area contributed by atoms with Crippen molar-refractivity contribution in [3.05, 3.63) is 0 Å². The molecule has 0 aromatic heterocycles. The number of rotatable bonds is 2. The first-order valence-corrected chi connectivity index (χ1v) is 8.12. The molecule has 21 heavy (non-hydrogen) atoms. The monoisotopic (exact) mass is 298 g/mol. The number of carbonyl (C=O) groups is 1. The summed E-state index contributed by atoms with van der Waals surface area (Å²) in [5.74, 6) is 1.83. The van der Waals surface area contributed by atoms with E-state index in [1.165, 1.54) is 32.1 Å². The molecule has 2 atom stereocenters. The van der Waals surface area contributed by atoms with Gasteiger partial charge in [0.15, 0.2) is 0 Å². The van der Waals surface area contributed by atoms with Gasteiger partial charge in [0.2, 0.25) is 0 Å². The van der Waals surface area contributed by atoms with Crippen molar-refractivity contribution in [3.8, 4) is 0 Å². The Morgan fingerprint density at radius 3 is 2.24 bits per heavy atom. The molecule has 1 saturated carbocycles. The summed E-state index contributed by atoms with van der Waals surface area (Å²) in [5.41, 5.74) is 5.88. The van der Waals surface area contributed by atoms with Crippen LogP contribution in [0.3, 0.4) is 0 Å². The average Bonchev–Trinajstić information content (AvgIpc) is 2.36. The summed E-state index contributed by atoms with van der Waals surface area (Å²) in [7, 11) is 0. The smallest absolute Gasteiger partial charge is 0.433 e. The molecular formula is C17H34N2O2. The summed E-state index contributed by atoms with van der Waals surface area (Å²) < 4.78 is 4.92. The van der Waals surface area contributed by atoms with E-state index < -0.39 is 11.7 Å². The van der Waals surface area contributed by atoms with Crippen molar-refractivity contribution in [1.82, 2.24) is 0 Å². The second kappa shape index (κ2) is 9.93. The number of carbonyl (C=O) groups excluding carboxylic acids is 1. The molecule has 0 aliphatic heterocycles. The zero-order valence-electron chi connectivity index (χ0n) is 14.7. The zero-order valence-corrected chi connectivity index (χ0v) is 14.7. The van der Waals surface area contributed by atoms with Crippen LogP contribution in [0, 0.1) is 11.8 Å². The van der Waals surface area contributed by atoms with E-state index in [1.54, 1.807) is 13.8 Å². The fourth-order valence-corrected chi connectivity index (χ4v) is 2.45. The maximum Gasteiger partial charge on any atom is 0.433 e. The van der Waals surface area contributed by atoms with E-state index in [1.807, 2.05) is 20.8 Å². The van der Waals surface area contributed by atoms with Gasteiger partial charge >= 0.3 is 6.09 Å². The first-order valence-electron chi connectivity index (χ1n) is 8.12. The number of hydrogen-bond donors (Lipinski definition) is 1. The maximum atomic E-state index is 10.9. The van der Waals surface area contributed by atoms with Gasteiger partial charge in [-0.1, -0.05) is 26.2 Å². The van der Waals surface area contributed by atoms with Gasteiger partial charge in [0.25, 0.3) is 0 Å². The van der Waals surface area contributed by atoms with E-state index in [0.29, 0.717) is 5.71 Å². The van der Waals surface area contributed by atoms with Crippen LogP contribution in [0.25, 0.3) is 0 Å². The molecule has 1 aliphatic carbocycles. The third-order valence-electron chi connectivity index (χ3n) is 3.51.